The summed E-state index contributed by atoms with van der Waals surface area (Å²) in [6, 6.07) is 1.33. The maximum atomic E-state index is 12.2. The number of nitrogens with one attached hydrogen (secondary N) is 1. The lowest BCUT2D eigenvalue weighted by Crippen LogP contribution is -2.15. The minimum absolute atomic E-state index is 0.00154. The van der Waals surface area contributed by atoms with Gasteiger partial charge in [0, 0.05) is 12.0 Å². The van der Waals surface area contributed by atoms with E-state index in [0.29, 0.717) is 17.9 Å². The van der Waals surface area contributed by atoms with E-state index in [0.717, 1.165) is 12.8 Å². The number of fused-ring (bicyclic) bond motifs is 1. The number of aryl methyl sites for hydroxylation is 1. The van der Waals surface area contributed by atoms with Gasteiger partial charge in [0.1, 0.15) is 5.39 Å². The molecule has 0 amide bonds. The van der Waals surface area contributed by atoms with Crippen molar-refractivity contribution in [3.63, 3.8) is 0 Å². The Balaban J connectivity index is 1.77. The van der Waals surface area contributed by atoms with Crippen molar-refractivity contribution in [3.05, 3.63) is 32.4 Å². The summed E-state index contributed by atoms with van der Waals surface area (Å²) in [5.74, 6) is 6.62. The predicted molar refractivity (Wildman–Crippen MR) is 90.1 cm³/mol. The molecule has 0 radical (unpaired) electrons. The maximum absolute atomic E-state index is 12.2. The first-order chi connectivity index (χ1) is 11.7. The fourth-order valence-corrected chi connectivity index (χ4v) is 3.01. The Labute approximate surface area is 139 Å². The number of hydrogen-bond donors (Lipinski definition) is 1. The number of ether oxygens (including phenoxy) is 1. The maximum Gasteiger partial charge on any atom is 0.337 e. The normalized spacial score (nSPS) is 15.0. The highest BCUT2D eigenvalue weighted by atomic mass is 16.5. The Morgan fingerprint density at radius 2 is 2.12 bits per heavy atom. The van der Waals surface area contributed by atoms with Crippen LogP contribution in [0.4, 0.5) is 0 Å². The minimum atomic E-state index is -0.527. The molecule has 1 N–H and O–H groups in total. The van der Waals surface area contributed by atoms with Crippen LogP contribution in [0.1, 0.15) is 44.6 Å². The van der Waals surface area contributed by atoms with Gasteiger partial charge in [-0.05, 0) is 24.8 Å². The molecule has 1 saturated carbocycles. The van der Waals surface area contributed by atoms with Gasteiger partial charge >= 0.3 is 11.6 Å². The smallest absolute Gasteiger partial charge is 0.337 e. The summed E-state index contributed by atoms with van der Waals surface area (Å²) in [5, 5.41) is 0.290. The molecule has 1 fully saturated rings. The fourth-order valence-electron chi connectivity index (χ4n) is 3.01. The van der Waals surface area contributed by atoms with Crippen molar-refractivity contribution >= 4 is 11.1 Å². The molecule has 0 saturated heterocycles. The first-order valence-corrected chi connectivity index (χ1v) is 8.35. The van der Waals surface area contributed by atoms with E-state index in [4.69, 9.17) is 9.15 Å². The quantitative estimate of drug-likeness (QED) is 0.875. The van der Waals surface area contributed by atoms with E-state index < -0.39 is 5.63 Å². The molecule has 6 heteroatoms. The first-order valence-electron chi connectivity index (χ1n) is 8.35. The molecule has 2 aromatic heterocycles. The SMILES string of the molecule is CCc1cc(=O)oc2nc(OCC#CC3CCCCC3)[nH]c(=O)c12. The standard InChI is InChI=1S/C18H20N2O4/c1-2-13-11-14(21)24-17-15(13)16(22)19-18(20-17)23-10-6-9-12-7-4-3-5-8-12/h11-12H,2-5,7-8,10H2,1H3,(H,19,20,22). The van der Waals surface area contributed by atoms with E-state index in [1.165, 1.54) is 25.3 Å². The van der Waals surface area contributed by atoms with Gasteiger partial charge in [0.25, 0.3) is 5.56 Å². The van der Waals surface area contributed by atoms with Gasteiger partial charge in [-0.15, -0.1) is 0 Å². The average Bonchev–Trinajstić information content (AvgIpc) is 2.58. The summed E-state index contributed by atoms with van der Waals surface area (Å²) in [4.78, 5) is 30.4. The highest BCUT2D eigenvalue weighted by Crippen LogP contribution is 2.22. The highest BCUT2D eigenvalue weighted by Gasteiger charge is 2.12. The van der Waals surface area contributed by atoms with Crippen LogP contribution in [0.15, 0.2) is 20.1 Å². The number of rotatable bonds is 3. The lowest BCUT2D eigenvalue weighted by Gasteiger charge is -2.15. The van der Waals surface area contributed by atoms with Crippen LogP contribution in [-0.2, 0) is 6.42 Å². The van der Waals surface area contributed by atoms with E-state index in [9.17, 15) is 9.59 Å². The van der Waals surface area contributed by atoms with E-state index >= 15 is 0 Å². The molecule has 6 nitrogen and oxygen atoms in total. The number of aromatic amines is 1. The molecule has 0 unspecified atom stereocenters. The lowest BCUT2D eigenvalue weighted by atomic mass is 9.90. The van der Waals surface area contributed by atoms with Gasteiger partial charge < -0.3 is 9.15 Å². The Morgan fingerprint density at radius 3 is 2.88 bits per heavy atom. The molecular formula is C18H20N2O4. The minimum Gasteiger partial charge on any atom is -0.451 e. The molecule has 2 heterocycles. The van der Waals surface area contributed by atoms with E-state index in [2.05, 4.69) is 21.8 Å². The molecule has 0 bridgehead atoms. The Morgan fingerprint density at radius 1 is 1.33 bits per heavy atom. The predicted octanol–water partition coefficient (Wildman–Crippen LogP) is 2.40. The monoisotopic (exact) mass is 328 g/mol. The zero-order chi connectivity index (χ0) is 16.9. The molecular weight excluding hydrogens is 308 g/mol. The van der Waals surface area contributed by atoms with Crippen LogP contribution in [0, 0.1) is 17.8 Å². The van der Waals surface area contributed by atoms with Crippen LogP contribution < -0.4 is 15.9 Å². The molecule has 1 aliphatic carbocycles. The second kappa shape index (κ2) is 7.35. The second-order valence-corrected chi connectivity index (χ2v) is 5.94. The van der Waals surface area contributed by atoms with Crippen molar-refractivity contribution in [2.24, 2.45) is 5.92 Å². The summed E-state index contributed by atoms with van der Waals surface area (Å²) in [7, 11) is 0. The van der Waals surface area contributed by atoms with Gasteiger partial charge in [0.2, 0.25) is 5.71 Å². The van der Waals surface area contributed by atoms with Crippen LogP contribution in [0.2, 0.25) is 0 Å². The fraction of sp³-hybridized carbons (Fsp3) is 0.500. The number of aromatic nitrogens is 2. The second-order valence-electron chi connectivity index (χ2n) is 5.94. The average molecular weight is 328 g/mol. The Hall–Kier alpha value is -2.55. The van der Waals surface area contributed by atoms with Gasteiger partial charge in [-0.25, -0.2) is 4.79 Å². The summed E-state index contributed by atoms with van der Waals surface area (Å²) < 4.78 is 10.4. The third-order valence-corrected chi connectivity index (χ3v) is 4.25. The van der Waals surface area contributed by atoms with E-state index in [1.54, 1.807) is 0 Å². The van der Waals surface area contributed by atoms with Crippen LogP contribution >= 0.6 is 0 Å². The lowest BCUT2D eigenvalue weighted by molar-refractivity contribution is 0.336. The van der Waals surface area contributed by atoms with Crippen LogP contribution in [-0.4, -0.2) is 16.6 Å². The summed E-state index contributed by atoms with van der Waals surface area (Å²) >= 11 is 0. The third kappa shape index (κ3) is 3.67. The summed E-state index contributed by atoms with van der Waals surface area (Å²) in [6.07, 6.45) is 6.59. The number of nitrogens with zero attached hydrogens (tertiary/aromatic N) is 1. The molecule has 0 spiro atoms. The van der Waals surface area contributed by atoms with E-state index in [1.807, 2.05) is 6.92 Å². The van der Waals surface area contributed by atoms with E-state index in [-0.39, 0.29) is 29.3 Å². The largest absolute Gasteiger partial charge is 0.451 e. The van der Waals surface area contributed by atoms with Crippen molar-refractivity contribution in [2.75, 3.05) is 6.61 Å². The highest BCUT2D eigenvalue weighted by molar-refractivity contribution is 5.75. The van der Waals surface area contributed by atoms with Crippen molar-refractivity contribution in [1.29, 1.82) is 0 Å². The summed E-state index contributed by atoms with van der Waals surface area (Å²) in [5.41, 5.74) is -0.298. The first kappa shape index (κ1) is 16.3. The van der Waals surface area contributed by atoms with Crippen molar-refractivity contribution in [3.8, 4) is 17.9 Å². The van der Waals surface area contributed by atoms with Gasteiger partial charge in [0.15, 0.2) is 6.61 Å². The Kier molecular flexibility index (Phi) is 4.99. The molecule has 126 valence electrons. The van der Waals surface area contributed by atoms with Gasteiger partial charge in [-0.3, -0.25) is 9.78 Å². The molecule has 1 aliphatic rings. The zero-order valence-electron chi connectivity index (χ0n) is 13.7. The summed E-state index contributed by atoms with van der Waals surface area (Å²) in [6.45, 7) is 2.00. The zero-order valence-corrected chi connectivity index (χ0v) is 13.7. The van der Waals surface area contributed by atoms with Crippen LogP contribution in [0.3, 0.4) is 0 Å². The van der Waals surface area contributed by atoms with Crippen LogP contribution in [0.5, 0.6) is 6.01 Å². The van der Waals surface area contributed by atoms with Crippen molar-refractivity contribution < 1.29 is 9.15 Å². The third-order valence-electron chi connectivity index (χ3n) is 4.25. The molecule has 0 aromatic carbocycles. The molecule has 0 atom stereocenters. The van der Waals surface area contributed by atoms with Crippen LogP contribution in [0.25, 0.3) is 11.1 Å². The Bertz CT molecular complexity index is 895. The van der Waals surface area contributed by atoms with Crippen molar-refractivity contribution in [2.45, 2.75) is 45.4 Å². The molecule has 2 aromatic rings. The van der Waals surface area contributed by atoms with Gasteiger partial charge in [-0.2, -0.15) is 4.98 Å². The van der Waals surface area contributed by atoms with Gasteiger partial charge in [-0.1, -0.05) is 38.0 Å². The molecule has 3 rings (SSSR count). The number of hydrogen-bond acceptors (Lipinski definition) is 5. The number of H-pyrrole nitrogens is 1. The molecule has 0 aliphatic heterocycles. The topological polar surface area (TPSA) is 85.2 Å². The van der Waals surface area contributed by atoms with Crippen molar-refractivity contribution in [1.82, 2.24) is 9.97 Å². The van der Waals surface area contributed by atoms with Gasteiger partial charge in [0.05, 0.1) is 0 Å². The molecule has 24 heavy (non-hydrogen) atoms.